The van der Waals surface area contributed by atoms with E-state index in [9.17, 15) is 10.1 Å². The lowest BCUT2D eigenvalue weighted by Gasteiger charge is -2.01. The number of hydrogen-bond donors (Lipinski definition) is 0. The van der Waals surface area contributed by atoms with Crippen LogP contribution in [0.2, 0.25) is 0 Å². The molecule has 0 aliphatic carbocycles. The normalized spacial score (nSPS) is 10.8. The third-order valence-electron chi connectivity index (χ3n) is 3.52. The van der Waals surface area contributed by atoms with Crippen molar-refractivity contribution in [1.29, 1.82) is 0 Å². The van der Waals surface area contributed by atoms with Crippen LogP contribution in [-0.4, -0.2) is 29.7 Å². The Morgan fingerprint density at radius 3 is 2.54 bits per heavy atom. The lowest BCUT2D eigenvalue weighted by molar-refractivity contribution is -0.384. The van der Waals surface area contributed by atoms with Gasteiger partial charge in [-0.15, -0.1) is 10.2 Å². The highest BCUT2D eigenvalue weighted by Crippen LogP contribution is 2.23. The Hall–Kier alpha value is -3.68. The SMILES string of the molecule is O=[N+]([O-])c1cccc(-c2nnc3nc(-c4ccccc4)cnn23)c1. The smallest absolute Gasteiger partial charge is 0.258 e. The number of rotatable bonds is 3. The van der Waals surface area contributed by atoms with E-state index in [0.717, 1.165) is 5.56 Å². The average molecular weight is 318 g/mol. The van der Waals surface area contributed by atoms with Crippen LogP contribution in [0.15, 0.2) is 60.8 Å². The Balaban J connectivity index is 1.81. The van der Waals surface area contributed by atoms with Crippen LogP contribution in [0.25, 0.3) is 28.4 Å². The number of nitro groups is 1. The number of nitro benzene ring substituents is 1. The predicted octanol–water partition coefficient (Wildman–Crippen LogP) is 2.76. The molecule has 2 aromatic heterocycles. The van der Waals surface area contributed by atoms with E-state index in [1.54, 1.807) is 18.3 Å². The van der Waals surface area contributed by atoms with Gasteiger partial charge < -0.3 is 0 Å². The van der Waals surface area contributed by atoms with Crippen molar-refractivity contribution in [2.45, 2.75) is 0 Å². The zero-order valence-electron chi connectivity index (χ0n) is 12.3. The standard InChI is InChI=1S/C16H10N6O2/c23-22(24)13-8-4-7-12(9-13)15-19-20-16-18-14(10-17-21(15)16)11-5-2-1-3-6-11/h1-10H. The molecule has 8 heteroatoms. The number of hydrogen-bond acceptors (Lipinski definition) is 6. The molecule has 0 radical (unpaired) electrons. The van der Waals surface area contributed by atoms with E-state index in [0.29, 0.717) is 22.9 Å². The summed E-state index contributed by atoms with van der Waals surface area (Å²) in [5, 5.41) is 23.3. The van der Waals surface area contributed by atoms with Gasteiger partial charge in [-0.3, -0.25) is 10.1 Å². The van der Waals surface area contributed by atoms with Gasteiger partial charge in [0.2, 0.25) is 0 Å². The van der Waals surface area contributed by atoms with Crippen molar-refractivity contribution < 1.29 is 4.92 Å². The molecule has 0 aliphatic heterocycles. The lowest BCUT2D eigenvalue weighted by atomic mass is 10.2. The molecule has 0 amide bonds. The van der Waals surface area contributed by atoms with Gasteiger partial charge in [-0.1, -0.05) is 42.5 Å². The van der Waals surface area contributed by atoms with Crippen LogP contribution >= 0.6 is 0 Å². The fourth-order valence-electron chi connectivity index (χ4n) is 2.38. The molecule has 0 saturated heterocycles. The molecule has 0 fully saturated rings. The van der Waals surface area contributed by atoms with Gasteiger partial charge in [-0.2, -0.15) is 9.61 Å². The monoisotopic (exact) mass is 318 g/mol. The maximum Gasteiger partial charge on any atom is 0.272 e. The highest BCUT2D eigenvalue weighted by atomic mass is 16.6. The van der Waals surface area contributed by atoms with Gasteiger partial charge in [0, 0.05) is 23.3 Å². The van der Waals surface area contributed by atoms with Gasteiger partial charge >= 0.3 is 0 Å². The first-order chi connectivity index (χ1) is 11.7. The molecule has 4 aromatic rings. The van der Waals surface area contributed by atoms with Crippen molar-refractivity contribution in [2.75, 3.05) is 0 Å². The van der Waals surface area contributed by atoms with Gasteiger partial charge in [0.05, 0.1) is 16.8 Å². The maximum absolute atomic E-state index is 10.9. The molecule has 0 saturated carbocycles. The minimum Gasteiger partial charge on any atom is -0.258 e. The first-order valence-corrected chi connectivity index (χ1v) is 7.11. The van der Waals surface area contributed by atoms with E-state index < -0.39 is 4.92 Å². The fraction of sp³-hybridized carbons (Fsp3) is 0. The Morgan fingerprint density at radius 2 is 1.75 bits per heavy atom. The lowest BCUT2D eigenvalue weighted by Crippen LogP contribution is -1.98. The molecule has 0 bridgehead atoms. The summed E-state index contributed by atoms with van der Waals surface area (Å²) in [5.41, 5.74) is 2.14. The van der Waals surface area contributed by atoms with Gasteiger partial charge in [0.1, 0.15) is 0 Å². The van der Waals surface area contributed by atoms with Gasteiger partial charge in [0.25, 0.3) is 11.5 Å². The molecular formula is C16H10N6O2. The number of fused-ring (bicyclic) bond motifs is 1. The number of nitrogens with zero attached hydrogens (tertiary/aromatic N) is 6. The van der Waals surface area contributed by atoms with Crippen molar-refractivity contribution in [2.24, 2.45) is 0 Å². The fourth-order valence-corrected chi connectivity index (χ4v) is 2.38. The third-order valence-corrected chi connectivity index (χ3v) is 3.52. The quantitative estimate of drug-likeness (QED) is 0.425. The van der Waals surface area contributed by atoms with Crippen molar-refractivity contribution in [3.8, 4) is 22.6 Å². The summed E-state index contributed by atoms with van der Waals surface area (Å²) in [5.74, 6) is 0.735. The summed E-state index contributed by atoms with van der Waals surface area (Å²) >= 11 is 0. The average Bonchev–Trinajstić information content (AvgIpc) is 3.05. The molecule has 4 rings (SSSR count). The molecular weight excluding hydrogens is 308 g/mol. The zero-order chi connectivity index (χ0) is 16.5. The molecule has 0 N–H and O–H groups in total. The van der Waals surface area contributed by atoms with Crippen molar-refractivity contribution in [3.05, 3.63) is 70.9 Å². The molecule has 0 aliphatic rings. The van der Waals surface area contributed by atoms with E-state index >= 15 is 0 Å². The minimum absolute atomic E-state index is 0.0156. The molecule has 116 valence electrons. The first kappa shape index (κ1) is 13.9. The molecule has 2 heterocycles. The van der Waals surface area contributed by atoms with Gasteiger partial charge in [-0.25, -0.2) is 4.98 Å². The highest BCUT2D eigenvalue weighted by Gasteiger charge is 2.14. The second kappa shape index (κ2) is 5.51. The Kier molecular flexibility index (Phi) is 3.20. The van der Waals surface area contributed by atoms with Gasteiger partial charge in [-0.05, 0) is 0 Å². The van der Waals surface area contributed by atoms with Crippen LogP contribution in [0.4, 0.5) is 5.69 Å². The van der Waals surface area contributed by atoms with E-state index in [1.807, 2.05) is 30.3 Å². The van der Waals surface area contributed by atoms with Crippen LogP contribution in [-0.2, 0) is 0 Å². The van der Waals surface area contributed by atoms with Crippen molar-refractivity contribution in [3.63, 3.8) is 0 Å². The summed E-state index contributed by atoms with van der Waals surface area (Å²) in [6.45, 7) is 0. The van der Waals surface area contributed by atoms with Crippen molar-refractivity contribution >= 4 is 11.5 Å². The summed E-state index contributed by atoms with van der Waals surface area (Å²) < 4.78 is 1.46. The first-order valence-electron chi connectivity index (χ1n) is 7.11. The number of aromatic nitrogens is 5. The second-order valence-corrected chi connectivity index (χ2v) is 5.05. The Labute approximate surface area is 135 Å². The molecule has 8 nitrogen and oxygen atoms in total. The second-order valence-electron chi connectivity index (χ2n) is 5.05. The number of benzene rings is 2. The van der Waals surface area contributed by atoms with E-state index in [4.69, 9.17) is 0 Å². The van der Waals surface area contributed by atoms with E-state index in [-0.39, 0.29) is 5.69 Å². The predicted molar refractivity (Wildman–Crippen MR) is 86.1 cm³/mol. The summed E-state index contributed by atoms with van der Waals surface area (Å²) in [6.07, 6.45) is 1.62. The largest absolute Gasteiger partial charge is 0.272 e. The molecule has 0 unspecified atom stereocenters. The van der Waals surface area contributed by atoms with Crippen molar-refractivity contribution in [1.82, 2.24) is 24.8 Å². The summed E-state index contributed by atoms with van der Waals surface area (Å²) in [7, 11) is 0. The van der Waals surface area contributed by atoms with Crippen LogP contribution in [0.5, 0.6) is 0 Å². The Bertz CT molecular complexity index is 1040. The van der Waals surface area contributed by atoms with Gasteiger partial charge in [0.15, 0.2) is 5.82 Å². The van der Waals surface area contributed by atoms with E-state index in [1.165, 1.54) is 16.6 Å². The molecule has 24 heavy (non-hydrogen) atoms. The Morgan fingerprint density at radius 1 is 0.958 bits per heavy atom. The van der Waals surface area contributed by atoms with Crippen LogP contribution in [0.1, 0.15) is 0 Å². The van der Waals surface area contributed by atoms with Crippen LogP contribution in [0.3, 0.4) is 0 Å². The molecule has 0 spiro atoms. The maximum atomic E-state index is 10.9. The molecule has 2 aromatic carbocycles. The summed E-state index contributed by atoms with van der Waals surface area (Å²) in [4.78, 5) is 14.9. The minimum atomic E-state index is -0.452. The highest BCUT2D eigenvalue weighted by molar-refractivity contribution is 5.63. The summed E-state index contributed by atoms with van der Waals surface area (Å²) in [6, 6.07) is 15.8. The molecule has 0 atom stereocenters. The topological polar surface area (TPSA) is 99.1 Å². The van der Waals surface area contributed by atoms with Crippen LogP contribution < -0.4 is 0 Å². The van der Waals surface area contributed by atoms with Crippen LogP contribution in [0, 0.1) is 10.1 Å². The zero-order valence-corrected chi connectivity index (χ0v) is 12.3. The third kappa shape index (κ3) is 2.35. The number of non-ortho nitro benzene ring substituents is 1. The van der Waals surface area contributed by atoms with E-state index in [2.05, 4.69) is 20.3 Å².